The molecule has 0 aliphatic carbocycles. The lowest BCUT2D eigenvalue weighted by Gasteiger charge is -2.25. The van der Waals surface area contributed by atoms with Crippen LogP contribution in [0.5, 0.6) is 6.01 Å². The van der Waals surface area contributed by atoms with Crippen LogP contribution in [0.1, 0.15) is 147 Å². The van der Waals surface area contributed by atoms with Gasteiger partial charge in [-0.05, 0) is 109 Å². The van der Waals surface area contributed by atoms with E-state index in [1.54, 1.807) is 43.8 Å². The molecule has 0 saturated heterocycles. The van der Waals surface area contributed by atoms with Crippen LogP contribution in [0.4, 0.5) is 17.6 Å². The molecule has 0 fully saturated rings. The average Bonchev–Trinajstić information content (AvgIpc) is 3.35. The van der Waals surface area contributed by atoms with Crippen LogP contribution in [0, 0.1) is 20.8 Å². The van der Waals surface area contributed by atoms with Crippen molar-refractivity contribution in [1.29, 1.82) is 0 Å². The average molecular weight is 1050 g/mol. The molecule has 0 saturated carbocycles. The van der Waals surface area contributed by atoms with E-state index in [1.165, 1.54) is 57.6 Å². The lowest BCUT2D eigenvalue weighted by molar-refractivity contribution is 0.0168. The zero-order chi connectivity index (χ0) is 57.3. The molecule has 77 heavy (non-hydrogen) atoms. The van der Waals surface area contributed by atoms with Crippen molar-refractivity contribution in [1.82, 2.24) is 19.9 Å². The molecule has 8 rings (SSSR count). The van der Waals surface area contributed by atoms with Crippen LogP contribution in [-0.4, -0.2) is 27.0 Å². The fraction of sp³-hybridized carbons (Fsp3) is 0.353. The summed E-state index contributed by atoms with van der Waals surface area (Å²) in [4.78, 5) is 16.9. The number of aryl methyl sites for hydroxylation is 3. The highest BCUT2D eigenvalue weighted by atomic mass is 19.3. The van der Waals surface area contributed by atoms with Crippen molar-refractivity contribution in [2.24, 2.45) is 0 Å². The fourth-order valence-electron chi connectivity index (χ4n) is 8.78. The molecule has 9 heteroatoms. The summed E-state index contributed by atoms with van der Waals surface area (Å²) in [6, 6.07) is 43.0. The third kappa shape index (κ3) is 17.5. The molecule has 0 unspecified atom stereocenters. The molecule has 6 aromatic carbocycles. The van der Waals surface area contributed by atoms with Gasteiger partial charge in [0.25, 0.3) is 11.8 Å². The first-order valence-electron chi connectivity index (χ1n) is 26.2. The second-order valence-corrected chi connectivity index (χ2v) is 24.2. The van der Waals surface area contributed by atoms with Crippen LogP contribution in [0.2, 0.25) is 0 Å². The van der Waals surface area contributed by atoms with Gasteiger partial charge in [0, 0.05) is 60.9 Å². The summed E-state index contributed by atoms with van der Waals surface area (Å²) in [6.07, 6.45) is 7.25. The standard InChI is InChI=1S/C20H24F2.C18H20F2.C15H18N2O.C15H18N2/c1-13-11-16(12-14(2)18(13)19(3,4)5)15-7-9-17(10-8-15)20(6,21)22;1-17(2,3)16-7-5-6-14(12-16)13-8-10-15(11-9-13)18(4,19)20;1-15(2,3)13-7-5-11(6-8-13)12-9-16-14(18-4)17-10-12;1-11-9-16-14(17-10-11)12-5-7-13(8-6-12)15(2,3)4/h7-12H,1-6H3;5-12H,1-4H3;5-10H,1-4H3;5-10H,1-4H3. The van der Waals surface area contributed by atoms with Crippen LogP contribution in [0.3, 0.4) is 0 Å². The SMILES string of the molecule is CC(C)(C)c1cccc(-c2ccc(C(C)(F)F)cc2)c1.COc1ncc(-c2ccc(C(C)(C)C)cc2)cn1.Cc1cc(-c2ccc(C(C)(F)F)cc2)cc(C)c1C(C)(C)C.Cc1cnc(-c2ccc(C(C)(C)C)cc2)nc1. The Kier molecular flexibility index (Phi) is 19.4. The first kappa shape index (κ1) is 60.9. The molecule has 0 radical (unpaired) electrons. The van der Waals surface area contributed by atoms with Crippen molar-refractivity contribution < 1.29 is 22.3 Å². The molecular formula is C68H80F4N4O. The summed E-state index contributed by atoms with van der Waals surface area (Å²) in [7, 11) is 1.56. The highest BCUT2D eigenvalue weighted by Gasteiger charge is 2.26. The van der Waals surface area contributed by atoms with Gasteiger partial charge >= 0.3 is 6.01 Å². The van der Waals surface area contributed by atoms with Crippen molar-refractivity contribution in [3.8, 4) is 50.8 Å². The van der Waals surface area contributed by atoms with Gasteiger partial charge in [-0.3, -0.25) is 0 Å². The van der Waals surface area contributed by atoms with E-state index < -0.39 is 11.8 Å². The second-order valence-electron chi connectivity index (χ2n) is 24.2. The monoisotopic (exact) mass is 1040 g/mol. The molecular weight excluding hydrogens is 965 g/mol. The quantitative estimate of drug-likeness (QED) is 0.149. The molecule has 0 N–H and O–H groups in total. The zero-order valence-electron chi connectivity index (χ0n) is 48.7. The van der Waals surface area contributed by atoms with Gasteiger partial charge in [-0.25, -0.2) is 37.5 Å². The maximum absolute atomic E-state index is 13.3. The molecule has 0 aliphatic heterocycles. The van der Waals surface area contributed by atoms with Crippen LogP contribution >= 0.6 is 0 Å². The van der Waals surface area contributed by atoms with Crippen LogP contribution < -0.4 is 4.74 Å². The summed E-state index contributed by atoms with van der Waals surface area (Å²) in [5, 5.41) is 0. The van der Waals surface area contributed by atoms with Crippen molar-refractivity contribution in [2.75, 3.05) is 7.11 Å². The number of rotatable bonds is 7. The van der Waals surface area contributed by atoms with E-state index in [4.69, 9.17) is 4.74 Å². The normalized spacial score (nSPS) is 12.0. The van der Waals surface area contributed by atoms with Gasteiger partial charge in [-0.1, -0.05) is 217 Å². The minimum absolute atomic E-state index is 0.0493. The van der Waals surface area contributed by atoms with Crippen molar-refractivity contribution in [3.05, 3.63) is 208 Å². The maximum atomic E-state index is 13.3. The number of halogens is 4. The van der Waals surface area contributed by atoms with E-state index >= 15 is 0 Å². The summed E-state index contributed by atoms with van der Waals surface area (Å²) >= 11 is 0. The maximum Gasteiger partial charge on any atom is 0.316 e. The highest BCUT2D eigenvalue weighted by Crippen LogP contribution is 2.36. The molecule has 0 bridgehead atoms. The Morgan fingerprint density at radius 1 is 0.338 bits per heavy atom. The predicted molar refractivity (Wildman–Crippen MR) is 313 cm³/mol. The van der Waals surface area contributed by atoms with Crippen LogP contribution in [-0.2, 0) is 33.5 Å². The van der Waals surface area contributed by atoms with Gasteiger partial charge in [0.1, 0.15) is 0 Å². The second kappa shape index (κ2) is 24.6. The van der Waals surface area contributed by atoms with Gasteiger partial charge in [0.05, 0.1) is 7.11 Å². The Morgan fingerprint density at radius 3 is 1.06 bits per heavy atom. The number of ether oxygens (including phenoxy) is 1. The van der Waals surface area contributed by atoms with Gasteiger partial charge in [0.15, 0.2) is 5.82 Å². The number of alkyl halides is 4. The summed E-state index contributed by atoms with van der Waals surface area (Å²) in [5.74, 6) is -4.79. The fourth-order valence-corrected chi connectivity index (χ4v) is 8.78. The molecule has 2 aromatic heterocycles. The first-order chi connectivity index (χ1) is 35.6. The smallest absolute Gasteiger partial charge is 0.316 e. The minimum Gasteiger partial charge on any atom is -0.467 e. The van der Waals surface area contributed by atoms with E-state index in [9.17, 15) is 17.6 Å². The topological polar surface area (TPSA) is 60.8 Å². The van der Waals surface area contributed by atoms with Gasteiger partial charge < -0.3 is 4.74 Å². The van der Waals surface area contributed by atoms with E-state index in [2.05, 4.69) is 190 Å². The summed E-state index contributed by atoms with van der Waals surface area (Å²) in [5.41, 5.74) is 16.7. The third-order valence-electron chi connectivity index (χ3n) is 13.1. The van der Waals surface area contributed by atoms with Crippen molar-refractivity contribution >= 4 is 0 Å². The van der Waals surface area contributed by atoms with Gasteiger partial charge in [0.2, 0.25) is 0 Å². The third-order valence-corrected chi connectivity index (χ3v) is 13.1. The Morgan fingerprint density at radius 2 is 0.701 bits per heavy atom. The van der Waals surface area contributed by atoms with Crippen molar-refractivity contribution in [3.63, 3.8) is 0 Å². The van der Waals surface area contributed by atoms with Crippen LogP contribution in [0.15, 0.2) is 158 Å². The Hall–Kier alpha value is -7.00. The summed E-state index contributed by atoms with van der Waals surface area (Å²) in [6.45, 7) is 34.4. The Labute approximate surface area is 457 Å². The summed E-state index contributed by atoms with van der Waals surface area (Å²) < 4.78 is 58.0. The van der Waals surface area contributed by atoms with Crippen LogP contribution in [0.25, 0.3) is 44.8 Å². The zero-order valence-corrected chi connectivity index (χ0v) is 48.7. The Balaban J connectivity index is 0.000000190. The molecule has 0 amide bonds. The molecule has 2 heterocycles. The lowest BCUT2D eigenvalue weighted by atomic mass is 9.80. The number of methoxy groups -OCH3 is 1. The molecule has 0 aliphatic rings. The number of benzene rings is 6. The lowest BCUT2D eigenvalue weighted by Crippen LogP contribution is -2.15. The highest BCUT2D eigenvalue weighted by molar-refractivity contribution is 5.68. The van der Waals surface area contributed by atoms with Gasteiger partial charge in [-0.2, -0.15) is 0 Å². The Bertz CT molecular complexity index is 3100. The molecule has 5 nitrogen and oxygen atoms in total. The van der Waals surface area contributed by atoms with E-state index in [0.717, 1.165) is 64.2 Å². The number of hydrogen-bond donors (Lipinski definition) is 0. The van der Waals surface area contributed by atoms with Crippen molar-refractivity contribution in [2.45, 2.75) is 151 Å². The minimum atomic E-state index is -2.79. The molecule has 0 spiro atoms. The predicted octanol–water partition coefficient (Wildman–Crippen LogP) is 19.3. The van der Waals surface area contributed by atoms with E-state index in [-0.39, 0.29) is 32.8 Å². The van der Waals surface area contributed by atoms with E-state index in [0.29, 0.717) is 6.01 Å². The molecule has 8 aromatic rings. The first-order valence-corrected chi connectivity index (χ1v) is 26.2. The molecule has 0 atom stereocenters. The van der Waals surface area contributed by atoms with Gasteiger partial charge in [-0.15, -0.1) is 0 Å². The number of hydrogen-bond acceptors (Lipinski definition) is 5. The van der Waals surface area contributed by atoms with E-state index in [1.807, 2.05) is 31.5 Å². The molecule has 406 valence electrons. The largest absolute Gasteiger partial charge is 0.467 e. The number of aromatic nitrogens is 4. The number of nitrogens with zero attached hydrogens (tertiary/aromatic N) is 4.